The van der Waals surface area contributed by atoms with Crippen molar-refractivity contribution in [1.29, 1.82) is 0 Å². The number of hydrogen-bond donors (Lipinski definition) is 0. The van der Waals surface area contributed by atoms with Crippen molar-refractivity contribution in [1.82, 2.24) is 9.47 Å². The van der Waals surface area contributed by atoms with Gasteiger partial charge in [0.05, 0.1) is 24.3 Å². The van der Waals surface area contributed by atoms with Gasteiger partial charge in [-0.05, 0) is 99.7 Å². The van der Waals surface area contributed by atoms with E-state index in [1.807, 2.05) is 51.2 Å². The maximum atomic E-state index is 13.1. The topological polar surface area (TPSA) is 70.0 Å². The van der Waals surface area contributed by atoms with Crippen molar-refractivity contribution in [2.75, 3.05) is 20.8 Å². The van der Waals surface area contributed by atoms with Crippen molar-refractivity contribution in [3.63, 3.8) is 0 Å². The van der Waals surface area contributed by atoms with Crippen LogP contribution in [0, 0.1) is 6.92 Å². The van der Waals surface area contributed by atoms with Crippen LogP contribution in [0.5, 0.6) is 0 Å². The molecule has 7 nitrogen and oxygen atoms in total. The van der Waals surface area contributed by atoms with Gasteiger partial charge < -0.3 is 14.2 Å². The maximum absolute atomic E-state index is 13.1. The number of carbonyl (C=O) groups excluding carboxylic acids is 2. The molecule has 2 heterocycles. The van der Waals surface area contributed by atoms with E-state index in [-0.39, 0.29) is 24.2 Å². The molecule has 208 valence electrons. The number of likely N-dealkylation sites (tertiary alicyclic amines) is 1. The summed E-state index contributed by atoms with van der Waals surface area (Å²) in [4.78, 5) is 27.6. The van der Waals surface area contributed by atoms with E-state index in [2.05, 4.69) is 24.0 Å². The lowest BCUT2D eigenvalue weighted by Crippen LogP contribution is -2.39. The van der Waals surface area contributed by atoms with E-state index in [1.165, 1.54) is 31.1 Å². The van der Waals surface area contributed by atoms with E-state index < -0.39 is 5.60 Å². The Hall–Kier alpha value is -3.16. The molecule has 1 aliphatic carbocycles. The number of hydrogen-bond acceptors (Lipinski definition) is 6. The quantitative estimate of drug-likeness (QED) is 0.327. The number of aryl methyl sites for hydroxylation is 1. The minimum atomic E-state index is -0.569. The van der Waals surface area contributed by atoms with Crippen LogP contribution in [0.25, 0.3) is 10.9 Å². The summed E-state index contributed by atoms with van der Waals surface area (Å²) in [5.74, 6) is 0.240. The lowest BCUT2D eigenvalue weighted by Gasteiger charge is -2.40. The highest BCUT2D eigenvalue weighted by molar-refractivity contribution is 5.94. The summed E-state index contributed by atoms with van der Waals surface area (Å²) < 4.78 is 18.1. The molecule has 39 heavy (non-hydrogen) atoms. The molecular weight excluding hydrogens is 492 g/mol. The Balaban J connectivity index is 1.53. The number of piperidine rings is 1. The molecule has 2 unspecified atom stereocenters. The SMILES string of the molecule is COC(=O)c1ccc(C2CC(OC)CCN2Cc2c(C3CC3)cc(C)c3c2ccn3C(=O)OC(C)(C)C)cc1. The molecule has 3 aromatic rings. The van der Waals surface area contributed by atoms with Gasteiger partial charge in [0.2, 0.25) is 0 Å². The van der Waals surface area contributed by atoms with Crippen LogP contribution >= 0.6 is 0 Å². The first kappa shape index (κ1) is 27.4. The third-order valence-electron chi connectivity index (χ3n) is 7.99. The Bertz CT molecular complexity index is 1360. The lowest BCUT2D eigenvalue weighted by atomic mass is 9.90. The Kier molecular flexibility index (Phi) is 7.57. The molecular formula is C32H40N2O5. The number of aromatic nitrogens is 1. The first-order chi connectivity index (χ1) is 18.6. The second-order valence-corrected chi connectivity index (χ2v) is 11.9. The number of rotatable bonds is 6. The van der Waals surface area contributed by atoms with Crippen LogP contribution < -0.4 is 0 Å². The highest BCUT2D eigenvalue weighted by Gasteiger charge is 2.34. The van der Waals surface area contributed by atoms with Gasteiger partial charge in [-0.25, -0.2) is 9.59 Å². The maximum Gasteiger partial charge on any atom is 0.418 e. The van der Waals surface area contributed by atoms with Crippen LogP contribution in [0.15, 0.2) is 42.6 Å². The van der Waals surface area contributed by atoms with Crippen molar-refractivity contribution in [3.05, 3.63) is 70.4 Å². The summed E-state index contributed by atoms with van der Waals surface area (Å²) >= 11 is 0. The van der Waals surface area contributed by atoms with Gasteiger partial charge in [-0.15, -0.1) is 0 Å². The molecule has 5 rings (SSSR count). The molecule has 0 radical (unpaired) electrons. The standard InChI is InChI=1S/C32H40N2O5/c1-20-17-26(21-7-8-21)27(25-14-16-34(29(20)25)31(36)39-32(2,3)4)19-33-15-13-24(37-5)18-28(33)22-9-11-23(12-10-22)30(35)38-6/h9-12,14,16-17,21,24,28H,7-8,13,15,18-19H2,1-6H3. The smallest absolute Gasteiger partial charge is 0.418 e. The highest BCUT2D eigenvalue weighted by atomic mass is 16.6. The molecule has 1 saturated carbocycles. The van der Waals surface area contributed by atoms with Crippen LogP contribution in [0.1, 0.15) is 91.0 Å². The van der Waals surface area contributed by atoms with Gasteiger partial charge in [0.25, 0.3) is 0 Å². The van der Waals surface area contributed by atoms with E-state index in [0.29, 0.717) is 11.5 Å². The molecule has 2 atom stereocenters. The summed E-state index contributed by atoms with van der Waals surface area (Å²) in [5.41, 5.74) is 5.86. The first-order valence-electron chi connectivity index (χ1n) is 13.9. The highest BCUT2D eigenvalue weighted by Crippen LogP contribution is 2.46. The number of benzene rings is 2. The van der Waals surface area contributed by atoms with Crippen LogP contribution in [0.4, 0.5) is 4.79 Å². The molecule has 2 aromatic carbocycles. The van der Waals surface area contributed by atoms with Gasteiger partial charge in [0.15, 0.2) is 0 Å². The number of nitrogens with zero attached hydrogens (tertiary/aromatic N) is 2. The van der Waals surface area contributed by atoms with E-state index >= 15 is 0 Å². The number of fused-ring (bicyclic) bond motifs is 1. The fraction of sp³-hybridized carbons (Fsp3) is 0.500. The molecule has 1 aromatic heterocycles. The summed E-state index contributed by atoms with van der Waals surface area (Å²) in [6.07, 6.45) is 5.92. The molecule has 0 bridgehead atoms. The second kappa shape index (κ2) is 10.8. The van der Waals surface area contributed by atoms with Crippen molar-refractivity contribution in [2.45, 2.75) is 83.6 Å². The van der Waals surface area contributed by atoms with Gasteiger partial charge in [-0.2, -0.15) is 0 Å². The van der Waals surface area contributed by atoms with E-state index in [9.17, 15) is 9.59 Å². The number of ether oxygens (including phenoxy) is 3. The van der Waals surface area contributed by atoms with E-state index in [0.717, 1.165) is 48.0 Å². The second-order valence-electron chi connectivity index (χ2n) is 11.9. The van der Waals surface area contributed by atoms with E-state index in [4.69, 9.17) is 14.2 Å². The number of methoxy groups -OCH3 is 2. The van der Waals surface area contributed by atoms with Gasteiger partial charge in [-0.3, -0.25) is 9.47 Å². The molecule has 0 amide bonds. The fourth-order valence-electron chi connectivity index (χ4n) is 5.91. The first-order valence-corrected chi connectivity index (χ1v) is 13.9. The van der Waals surface area contributed by atoms with Crippen LogP contribution in [0.3, 0.4) is 0 Å². The Labute approximate surface area is 231 Å². The minimum absolute atomic E-state index is 0.145. The third kappa shape index (κ3) is 5.75. The third-order valence-corrected chi connectivity index (χ3v) is 7.99. The largest absolute Gasteiger partial charge is 0.465 e. The minimum Gasteiger partial charge on any atom is -0.465 e. The van der Waals surface area contributed by atoms with Crippen molar-refractivity contribution in [3.8, 4) is 0 Å². The predicted octanol–water partition coefficient (Wildman–Crippen LogP) is 6.75. The Morgan fingerprint density at radius 1 is 1.03 bits per heavy atom. The molecule has 7 heteroatoms. The van der Waals surface area contributed by atoms with Crippen LogP contribution in [-0.4, -0.2) is 54.0 Å². The van der Waals surface area contributed by atoms with Gasteiger partial charge in [0.1, 0.15) is 5.60 Å². The number of carbonyl (C=O) groups is 2. The van der Waals surface area contributed by atoms with Crippen LogP contribution in [0.2, 0.25) is 0 Å². The monoisotopic (exact) mass is 532 g/mol. The average Bonchev–Trinajstić information content (AvgIpc) is 3.66. The zero-order valence-corrected chi connectivity index (χ0v) is 24.0. The summed E-state index contributed by atoms with van der Waals surface area (Å²) in [7, 11) is 3.18. The normalized spacial score (nSPS) is 20.3. The summed E-state index contributed by atoms with van der Waals surface area (Å²) in [6.45, 7) is 9.44. The number of esters is 1. The lowest BCUT2D eigenvalue weighted by molar-refractivity contribution is 0.00687. The van der Waals surface area contributed by atoms with Gasteiger partial charge >= 0.3 is 12.1 Å². The molecule has 0 spiro atoms. The van der Waals surface area contributed by atoms with E-state index in [1.54, 1.807) is 11.7 Å². The molecule has 1 saturated heterocycles. The van der Waals surface area contributed by atoms with Gasteiger partial charge in [0, 0.05) is 37.8 Å². The molecule has 0 N–H and O–H groups in total. The zero-order valence-electron chi connectivity index (χ0n) is 24.0. The molecule has 1 aliphatic heterocycles. The average molecular weight is 533 g/mol. The van der Waals surface area contributed by atoms with Crippen molar-refractivity contribution < 1.29 is 23.8 Å². The Morgan fingerprint density at radius 3 is 2.36 bits per heavy atom. The predicted molar refractivity (Wildman–Crippen MR) is 151 cm³/mol. The summed E-state index contributed by atoms with van der Waals surface area (Å²) in [5, 5.41) is 1.12. The fourth-order valence-corrected chi connectivity index (χ4v) is 5.91. The van der Waals surface area contributed by atoms with Crippen molar-refractivity contribution in [2.24, 2.45) is 0 Å². The van der Waals surface area contributed by atoms with Crippen LogP contribution in [-0.2, 0) is 20.8 Å². The van der Waals surface area contributed by atoms with Crippen molar-refractivity contribution >= 4 is 23.0 Å². The Morgan fingerprint density at radius 2 is 1.74 bits per heavy atom. The zero-order chi connectivity index (χ0) is 27.9. The summed E-state index contributed by atoms with van der Waals surface area (Å²) in [6, 6.07) is 12.3. The molecule has 2 fully saturated rings. The van der Waals surface area contributed by atoms with Gasteiger partial charge in [-0.1, -0.05) is 18.2 Å². The molecule has 2 aliphatic rings.